The molecule has 0 radical (unpaired) electrons. The van der Waals surface area contributed by atoms with Crippen LogP contribution in [-0.2, 0) is 20.1 Å². The van der Waals surface area contributed by atoms with Gasteiger partial charge in [-0.25, -0.2) is 4.98 Å². The Hall–Kier alpha value is -2.05. The number of rotatable bonds is 5. The molecule has 11 heteroatoms. The van der Waals surface area contributed by atoms with E-state index in [1.165, 1.54) is 18.5 Å². The van der Waals surface area contributed by atoms with E-state index in [0.717, 1.165) is 0 Å². The molecular weight excluding hydrogens is 452 g/mol. The molecule has 0 spiro atoms. The number of hydrogen-bond acceptors (Lipinski definition) is 4. The van der Waals surface area contributed by atoms with E-state index in [-0.39, 0.29) is 36.3 Å². The Kier molecular flexibility index (Phi) is 7.93. The van der Waals surface area contributed by atoms with Crippen LogP contribution < -0.4 is 15.4 Å². The van der Waals surface area contributed by atoms with Crippen LogP contribution in [0.15, 0.2) is 35.6 Å². The number of alkyl halides is 3. The van der Waals surface area contributed by atoms with E-state index >= 15 is 0 Å². The molecule has 2 N–H and O–H groups in total. The summed E-state index contributed by atoms with van der Waals surface area (Å²) < 4.78 is 42.8. The number of aryl methyl sites for hydroxylation is 1. The molecule has 1 heterocycles. The Balaban J connectivity index is 0.00000312. The lowest BCUT2D eigenvalue weighted by Gasteiger charge is -2.15. The second kappa shape index (κ2) is 9.44. The van der Waals surface area contributed by atoms with E-state index in [1.807, 2.05) is 0 Å². The summed E-state index contributed by atoms with van der Waals surface area (Å²) in [5.41, 5.74) is 0.358. The number of benzene rings is 1. The number of para-hydroxylation sites is 1. The van der Waals surface area contributed by atoms with Crippen molar-refractivity contribution in [3.63, 3.8) is 0 Å². The van der Waals surface area contributed by atoms with Crippen molar-refractivity contribution in [2.24, 2.45) is 12.0 Å². The van der Waals surface area contributed by atoms with Gasteiger partial charge in [0.2, 0.25) is 0 Å². The number of aliphatic imine (C=N–C) groups is 1. The SMILES string of the molecule is CN=C(NCc1ccccc1OC(F)(F)F)NCc1ncnn1C.I. The summed E-state index contributed by atoms with van der Waals surface area (Å²) in [4.78, 5) is 8.07. The van der Waals surface area contributed by atoms with Crippen LogP contribution >= 0.6 is 24.0 Å². The predicted molar refractivity (Wildman–Crippen MR) is 96.6 cm³/mol. The van der Waals surface area contributed by atoms with Crippen molar-refractivity contribution in [1.82, 2.24) is 25.4 Å². The van der Waals surface area contributed by atoms with E-state index in [0.29, 0.717) is 23.9 Å². The number of ether oxygens (including phenoxy) is 1. The van der Waals surface area contributed by atoms with E-state index in [9.17, 15) is 13.2 Å². The first-order valence-corrected chi connectivity index (χ1v) is 7.00. The van der Waals surface area contributed by atoms with Gasteiger partial charge >= 0.3 is 6.36 Å². The molecule has 7 nitrogen and oxygen atoms in total. The Morgan fingerprint density at radius 1 is 1.24 bits per heavy atom. The Labute approximate surface area is 159 Å². The first-order chi connectivity index (χ1) is 11.4. The van der Waals surface area contributed by atoms with Gasteiger partial charge in [-0.15, -0.1) is 37.1 Å². The second-order valence-electron chi connectivity index (χ2n) is 4.73. The average molecular weight is 470 g/mol. The molecule has 1 aromatic carbocycles. The van der Waals surface area contributed by atoms with Gasteiger partial charge in [0.05, 0.1) is 6.54 Å². The van der Waals surface area contributed by atoms with Gasteiger partial charge in [-0.05, 0) is 6.07 Å². The molecule has 1 aromatic heterocycles. The molecule has 2 aromatic rings. The minimum Gasteiger partial charge on any atom is -0.405 e. The van der Waals surface area contributed by atoms with Crippen molar-refractivity contribution in [1.29, 1.82) is 0 Å². The highest BCUT2D eigenvalue weighted by molar-refractivity contribution is 14.0. The summed E-state index contributed by atoms with van der Waals surface area (Å²) in [5.74, 6) is 0.861. The van der Waals surface area contributed by atoms with Gasteiger partial charge in [0.1, 0.15) is 17.9 Å². The van der Waals surface area contributed by atoms with Crippen molar-refractivity contribution in [3.05, 3.63) is 42.0 Å². The largest absolute Gasteiger partial charge is 0.573 e. The van der Waals surface area contributed by atoms with Gasteiger partial charge in [-0.3, -0.25) is 9.67 Å². The molecule has 138 valence electrons. The first kappa shape index (κ1) is 21.0. The van der Waals surface area contributed by atoms with Crippen LogP contribution in [0.3, 0.4) is 0 Å². The minimum atomic E-state index is -4.73. The number of halogens is 4. The van der Waals surface area contributed by atoms with Gasteiger partial charge in [-0.1, -0.05) is 18.2 Å². The Morgan fingerprint density at radius 2 is 1.92 bits per heavy atom. The summed E-state index contributed by atoms with van der Waals surface area (Å²) >= 11 is 0. The maximum atomic E-state index is 12.4. The summed E-state index contributed by atoms with van der Waals surface area (Å²) in [7, 11) is 3.31. The molecule has 0 aliphatic rings. The van der Waals surface area contributed by atoms with Crippen LogP contribution in [-0.4, -0.2) is 34.1 Å². The highest BCUT2D eigenvalue weighted by atomic mass is 127. The van der Waals surface area contributed by atoms with Crippen molar-refractivity contribution >= 4 is 29.9 Å². The third kappa shape index (κ3) is 6.76. The van der Waals surface area contributed by atoms with Gasteiger partial charge in [0.25, 0.3) is 0 Å². The number of hydrogen-bond donors (Lipinski definition) is 2. The summed E-state index contributed by atoms with van der Waals surface area (Å²) in [6, 6.07) is 5.92. The number of nitrogens with zero attached hydrogens (tertiary/aromatic N) is 4. The smallest absolute Gasteiger partial charge is 0.405 e. The van der Waals surface area contributed by atoms with Gasteiger partial charge in [0, 0.05) is 26.2 Å². The summed E-state index contributed by atoms with van der Waals surface area (Å²) in [6.07, 6.45) is -3.31. The van der Waals surface area contributed by atoms with Gasteiger partial charge in [0.15, 0.2) is 5.96 Å². The van der Waals surface area contributed by atoms with Crippen LogP contribution in [0.25, 0.3) is 0 Å². The van der Waals surface area contributed by atoms with Crippen LogP contribution in [0.1, 0.15) is 11.4 Å². The molecule has 0 atom stereocenters. The fraction of sp³-hybridized carbons (Fsp3) is 0.357. The van der Waals surface area contributed by atoms with Crippen LogP contribution in [0.4, 0.5) is 13.2 Å². The molecule has 0 amide bonds. The molecule has 0 aliphatic carbocycles. The second-order valence-corrected chi connectivity index (χ2v) is 4.73. The monoisotopic (exact) mass is 470 g/mol. The minimum absolute atomic E-state index is 0. The highest BCUT2D eigenvalue weighted by Gasteiger charge is 2.31. The molecule has 0 unspecified atom stereocenters. The fourth-order valence-electron chi connectivity index (χ4n) is 1.92. The molecule has 0 aliphatic heterocycles. The lowest BCUT2D eigenvalue weighted by Crippen LogP contribution is -2.37. The fourth-order valence-corrected chi connectivity index (χ4v) is 1.92. The lowest BCUT2D eigenvalue weighted by atomic mass is 10.2. The predicted octanol–water partition coefficient (Wildman–Crippen LogP) is 2.20. The third-order valence-corrected chi connectivity index (χ3v) is 3.09. The zero-order valence-corrected chi connectivity index (χ0v) is 15.9. The first-order valence-electron chi connectivity index (χ1n) is 7.00. The average Bonchev–Trinajstić information content (AvgIpc) is 2.93. The number of aromatic nitrogens is 3. The lowest BCUT2D eigenvalue weighted by molar-refractivity contribution is -0.274. The number of guanidine groups is 1. The van der Waals surface area contributed by atoms with Crippen LogP contribution in [0, 0.1) is 0 Å². The topological polar surface area (TPSA) is 76.4 Å². The normalized spacial score (nSPS) is 11.6. The van der Waals surface area contributed by atoms with E-state index < -0.39 is 6.36 Å². The Morgan fingerprint density at radius 3 is 2.52 bits per heavy atom. The Bertz CT molecular complexity index is 704. The maximum Gasteiger partial charge on any atom is 0.573 e. The molecule has 25 heavy (non-hydrogen) atoms. The van der Waals surface area contributed by atoms with Crippen molar-refractivity contribution in [3.8, 4) is 5.75 Å². The molecular formula is C14H18F3IN6O. The van der Waals surface area contributed by atoms with Gasteiger partial charge in [-0.2, -0.15) is 5.10 Å². The zero-order chi connectivity index (χ0) is 17.6. The van der Waals surface area contributed by atoms with E-state index in [4.69, 9.17) is 0 Å². The summed E-state index contributed by atoms with van der Waals surface area (Å²) in [5, 5.41) is 9.87. The molecule has 2 rings (SSSR count). The molecule has 0 saturated heterocycles. The van der Waals surface area contributed by atoms with E-state index in [2.05, 4.69) is 30.4 Å². The van der Waals surface area contributed by atoms with Crippen molar-refractivity contribution < 1.29 is 17.9 Å². The van der Waals surface area contributed by atoms with Crippen LogP contribution in [0.5, 0.6) is 5.75 Å². The quantitative estimate of drug-likeness (QED) is 0.398. The third-order valence-electron chi connectivity index (χ3n) is 3.09. The van der Waals surface area contributed by atoms with Crippen molar-refractivity contribution in [2.45, 2.75) is 19.5 Å². The maximum absolute atomic E-state index is 12.4. The zero-order valence-electron chi connectivity index (χ0n) is 13.5. The van der Waals surface area contributed by atoms with E-state index in [1.54, 1.807) is 30.9 Å². The standard InChI is InChI=1S/C14H17F3N6O.HI/c1-18-13(20-8-12-21-9-22-23(12)2)19-7-10-5-3-4-6-11(10)24-14(15,16)17;/h3-6,9H,7-8H2,1-2H3,(H2,18,19,20);1H. The van der Waals surface area contributed by atoms with Crippen LogP contribution in [0.2, 0.25) is 0 Å². The van der Waals surface area contributed by atoms with Gasteiger partial charge < -0.3 is 15.4 Å². The van der Waals surface area contributed by atoms with Crippen molar-refractivity contribution in [2.75, 3.05) is 7.05 Å². The highest BCUT2D eigenvalue weighted by Crippen LogP contribution is 2.25. The molecule has 0 bridgehead atoms. The molecule has 0 saturated carbocycles. The summed E-state index contributed by atoms with van der Waals surface area (Å²) in [6.45, 7) is 0.488. The molecule has 0 fully saturated rings. The number of nitrogens with one attached hydrogen (secondary N) is 2.